The summed E-state index contributed by atoms with van der Waals surface area (Å²) in [6, 6.07) is 23.0. The van der Waals surface area contributed by atoms with Crippen molar-refractivity contribution in [3.8, 4) is 0 Å². The van der Waals surface area contributed by atoms with Crippen LogP contribution in [0.5, 0.6) is 0 Å². The zero-order chi connectivity index (χ0) is 27.4. The van der Waals surface area contributed by atoms with Crippen LogP contribution >= 0.6 is 0 Å². The van der Waals surface area contributed by atoms with Crippen LogP contribution in [0.2, 0.25) is 0 Å². The van der Waals surface area contributed by atoms with Gasteiger partial charge in [-0.1, -0.05) is 60.2 Å². The van der Waals surface area contributed by atoms with Gasteiger partial charge in [-0.2, -0.15) is 0 Å². The number of aryl methyl sites for hydroxylation is 1. The van der Waals surface area contributed by atoms with E-state index in [0.717, 1.165) is 38.3 Å². The Morgan fingerprint density at radius 1 is 0.821 bits per heavy atom. The fraction of sp³-hybridized carbons (Fsp3) is 0.290. The second-order valence-electron chi connectivity index (χ2n) is 10.00. The van der Waals surface area contributed by atoms with Gasteiger partial charge in [0.05, 0.1) is 23.7 Å². The van der Waals surface area contributed by atoms with Gasteiger partial charge in [0, 0.05) is 38.3 Å². The Morgan fingerprint density at radius 3 is 2.13 bits per heavy atom. The minimum Gasteiger partial charge on any atom is -0.454 e. The average molecular weight is 526 g/mol. The lowest BCUT2D eigenvalue weighted by Crippen LogP contribution is -2.52. The highest BCUT2D eigenvalue weighted by molar-refractivity contribution is 6.22. The first-order chi connectivity index (χ1) is 18.9. The first-order valence-electron chi connectivity index (χ1n) is 13.1. The van der Waals surface area contributed by atoms with E-state index in [0.29, 0.717) is 11.3 Å². The van der Waals surface area contributed by atoms with Gasteiger partial charge in [-0.15, -0.1) is 0 Å². The third-order valence-corrected chi connectivity index (χ3v) is 7.29. The molecule has 1 unspecified atom stereocenters. The molecule has 1 atom stereocenters. The third kappa shape index (κ3) is 6.13. The molecule has 0 aromatic heterocycles. The maximum Gasteiger partial charge on any atom is 0.338 e. The maximum atomic E-state index is 13.3. The van der Waals surface area contributed by atoms with Gasteiger partial charge in [-0.25, -0.2) is 9.69 Å². The summed E-state index contributed by atoms with van der Waals surface area (Å²) in [5.74, 6) is -1.43. The third-order valence-electron chi connectivity index (χ3n) is 7.29. The Balaban J connectivity index is 1.15. The van der Waals surface area contributed by atoms with Gasteiger partial charge in [0.25, 0.3) is 5.91 Å². The molecule has 0 saturated carbocycles. The maximum absolute atomic E-state index is 13.3. The Morgan fingerprint density at radius 2 is 1.46 bits per heavy atom. The molecule has 200 valence electrons. The van der Waals surface area contributed by atoms with Crippen LogP contribution in [-0.2, 0) is 20.9 Å². The van der Waals surface area contributed by atoms with E-state index < -0.39 is 12.0 Å². The number of ether oxygens (including phenoxy) is 1. The molecule has 0 bridgehead atoms. The van der Waals surface area contributed by atoms with Gasteiger partial charge in [0.15, 0.2) is 12.4 Å². The Hall–Kier alpha value is -4.14. The van der Waals surface area contributed by atoms with E-state index in [1.54, 1.807) is 24.3 Å². The molecule has 3 aromatic carbocycles. The predicted molar refractivity (Wildman–Crippen MR) is 146 cm³/mol. The molecule has 2 aliphatic heterocycles. The highest BCUT2D eigenvalue weighted by Gasteiger charge is 2.43. The minimum atomic E-state index is -0.646. The number of nitrogens with zero attached hydrogens (tertiary/aromatic N) is 3. The van der Waals surface area contributed by atoms with E-state index in [1.807, 2.05) is 37.3 Å². The number of carbonyl (C=O) groups excluding carboxylic acids is 4. The normalized spacial score (nSPS) is 18.4. The molecule has 8 nitrogen and oxygen atoms in total. The van der Waals surface area contributed by atoms with E-state index >= 15 is 0 Å². The van der Waals surface area contributed by atoms with Gasteiger partial charge in [0.2, 0.25) is 5.91 Å². The monoisotopic (exact) mass is 525 g/mol. The lowest BCUT2D eigenvalue weighted by Gasteiger charge is -2.37. The van der Waals surface area contributed by atoms with E-state index in [2.05, 4.69) is 21.9 Å². The molecule has 39 heavy (non-hydrogen) atoms. The molecule has 0 radical (unpaired) electrons. The fourth-order valence-electron chi connectivity index (χ4n) is 5.03. The molecule has 0 aliphatic carbocycles. The molecule has 5 rings (SSSR count). The van der Waals surface area contributed by atoms with E-state index in [9.17, 15) is 19.2 Å². The quantitative estimate of drug-likeness (QED) is 0.253. The number of ketones is 1. The number of hydrogen-bond acceptors (Lipinski definition) is 7. The number of imide groups is 1. The van der Waals surface area contributed by atoms with Gasteiger partial charge >= 0.3 is 5.97 Å². The molecule has 2 saturated heterocycles. The van der Waals surface area contributed by atoms with Gasteiger partial charge in [-0.05, 0) is 36.8 Å². The summed E-state index contributed by atoms with van der Waals surface area (Å²) in [6.45, 7) is 5.52. The molecule has 2 fully saturated rings. The number of rotatable bonds is 8. The van der Waals surface area contributed by atoms with Crippen LogP contribution in [0.1, 0.15) is 38.3 Å². The topological polar surface area (TPSA) is 87.2 Å². The van der Waals surface area contributed by atoms with Crippen molar-refractivity contribution in [1.82, 2.24) is 9.80 Å². The summed E-state index contributed by atoms with van der Waals surface area (Å²) in [6.07, 6.45) is 0.141. The number of carbonyl (C=O) groups is 4. The second-order valence-corrected chi connectivity index (χ2v) is 10.00. The molecular weight excluding hydrogens is 494 g/mol. The first kappa shape index (κ1) is 26.5. The average Bonchev–Trinajstić information content (AvgIpc) is 3.26. The van der Waals surface area contributed by atoms with Crippen molar-refractivity contribution in [2.75, 3.05) is 37.7 Å². The van der Waals surface area contributed by atoms with Crippen molar-refractivity contribution in [2.45, 2.75) is 25.9 Å². The smallest absolute Gasteiger partial charge is 0.338 e. The van der Waals surface area contributed by atoms with Crippen molar-refractivity contribution < 1.29 is 23.9 Å². The lowest BCUT2D eigenvalue weighted by atomic mass is 10.1. The number of esters is 1. The van der Waals surface area contributed by atoms with Crippen LogP contribution in [0.3, 0.4) is 0 Å². The van der Waals surface area contributed by atoms with Crippen molar-refractivity contribution in [2.24, 2.45) is 0 Å². The van der Waals surface area contributed by atoms with Crippen LogP contribution in [0.15, 0.2) is 78.9 Å². The van der Waals surface area contributed by atoms with Crippen molar-refractivity contribution in [1.29, 1.82) is 0 Å². The van der Waals surface area contributed by atoms with Gasteiger partial charge in [-0.3, -0.25) is 24.2 Å². The lowest BCUT2D eigenvalue weighted by molar-refractivity contribution is -0.123. The molecule has 2 amide bonds. The SMILES string of the molecule is Cc1ccc(C(=O)COC(=O)c2ccc(N3C(=O)CC(N4CCN(Cc5ccccc5)CC4)C3=O)cc2)cc1. The Kier molecular flexibility index (Phi) is 7.95. The fourth-order valence-corrected chi connectivity index (χ4v) is 5.03. The zero-order valence-electron chi connectivity index (χ0n) is 21.9. The Labute approximate surface area is 227 Å². The summed E-state index contributed by atoms with van der Waals surface area (Å²) in [5.41, 5.74) is 3.42. The molecule has 3 aromatic rings. The number of hydrogen-bond donors (Lipinski definition) is 0. The highest BCUT2D eigenvalue weighted by atomic mass is 16.5. The summed E-state index contributed by atoms with van der Waals surface area (Å²) in [7, 11) is 0. The molecule has 2 heterocycles. The molecule has 0 spiro atoms. The Bertz CT molecular complexity index is 1350. The van der Waals surface area contributed by atoms with Crippen molar-refractivity contribution >= 4 is 29.3 Å². The standard InChI is InChI=1S/C31H31N3O5/c1-22-7-9-24(10-8-22)28(35)21-39-31(38)25-11-13-26(14-12-25)34-29(36)19-27(30(34)37)33-17-15-32(16-18-33)20-23-5-3-2-4-6-23/h2-14,27H,15-21H2,1H3. The van der Waals surface area contributed by atoms with Gasteiger partial charge in [0.1, 0.15) is 0 Å². The number of benzene rings is 3. The van der Waals surface area contributed by atoms with E-state index in [-0.39, 0.29) is 36.2 Å². The summed E-state index contributed by atoms with van der Waals surface area (Å²) in [4.78, 5) is 56.5. The van der Waals surface area contributed by atoms with Crippen molar-refractivity contribution in [3.63, 3.8) is 0 Å². The summed E-state index contributed by atoms with van der Waals surface area (Å²) >= 11 is 0. The molecular formula is C31H31N3O5. The number of piperazine rings is 1. The highest BCUT2D eigenvalue weighted by Crippen LogP contribution is 2.27. The minimum absolute atomic E-state index is 0.141. The van der Waals surface area contributed by atoms with Crippen LogP contribution in [0.25, 0.3) is 0 Å². The summed E-state index contributed by atoms with van der Waals surface area (Å²) < 4.78 is 5.18. The van der Waals surface area contributed by atoms with Crippen LogP contribution in [-0.4, -0.2) is 72.2 Å². The number of amides is 2. The van der Waals surface area contributed by atoms with Gasteiger partial charge < -0.3 is 4.74 Å². The van der Waals surface area contributed by atoms with Crippen molar-refractivity contribution in [3.05, 3.63) is 101 Å². The van der Waals surface area contributed by atoms with E-state index in [1.165, 1.54) is 22.6 Å². The summed E-state index contributed by atoms with van der Waals surface area (Å²) in [5, 5.41) is 0. The van der Waals surface area contributed by atoms with Crippen LogP contribution in [0, 0.1) is 6.92 Å². The zero-order valence-corrected chi connectivity index (χ0v) is 21.9. The molecule has 0 N–H and O–H groups in total. The van der Waals surface area contributed by atoms with E-state index in [4.69, 9.17) is 4.74 Å². The number of Topliss-reactive ketones (excluding diaryl/α,β-unsaturated/α-hetero) is 1. The molecule has 8 heteroatoms. The number of anilines is 1. The second kappa shape index (κ2) is 11.7. The van der Waals surface area contributed by atoms with Crippen LogP contribution in [0.4, 0.5) is 5.69 Å². The predicted octanol–water partition coefficient (Wildman–Crippen LogP) is 3.48. The first-order valence-corrected chi connectivity index (χ1v) is 13.1. The molecule has 2 aliphatic rings. The largest absolute Gasteiger partial charge is 0.454 e. The van der Waals surface area contributed by atoms with Crippen LogP contribution < -0.4 is 4.90 Å².